The van der Waals surface area contributed by atoms with Gasteiger partial charge in [0, 0.05) is 31.9 Å². The van der Waals surface area contributed by atoms with Crippen molar-refractivity contribution in [2.75, 3.05) is 13.2 Å². The lowest BCUT2D eigenvalue weighted by Gasteiger charge is -2.23. The molecule has 2 amide bonds. The van der Waals surface area contributed by atoms with E-state index in [-0.39, 0.29) is 43.3 Å². The summed E-state index contributed by atoms with van der Waals surface area (Å²) in [6.45, 7) is 5.25. The summed E-state index contributed by atoms with van der Waals surface area (Å²) in [4.78, 5) is 37.4. The summed E-state index contributed by atoms with van der Waals surface area (Å²) in [6, 6.07) is -0.230. The molecule has 0 aliphatic rings. The maximum atomic E-state index is 12.9. The zero-order chi connectivity index (χ0) is 43.3. The molecule has 0 radical (unpaired) electrons. The van der Waals surface area contributed by atoms with Gasteiger partial charge in [-0.2, -0.15) is 0 Å². The first-order valence-electron chi connectivity index (χ1n) is 25.5. The van der Waals surface area contributed by atoms with Gasteiger partial charge in [0.05, 0.1) is 19.1 Å². The van der Waals surface area contributed by atoms with Gasteiger partial charge in [-0.05, 0) is 38.5 Å². The normalized spacial score (nSPS) is 13.0. The summed E-state index contributed by atoms with van der Waals surface area (Å²) in [6.07, 6.45) is 40.1. The van der Waals surface area contributed by atoms with Crippen LogP contribution < -0.4 is 10.6 Å². The third-order valence-corrected chi connectivity index (χ3v) is 11.8. The number of esters is 1. The molecule has 0 saturated heterocycles. The maximum Gasteiger partial charge on any atom is 0.305 e. The maximum absolute atomic E-state index is 12.9. The van der Waals surface area contributed by atoms with Crippen molar-refractivity contribution >= 4 is 17.8 Å². The third kappa shape index (κ3) is 44.2. The van der Waals surface area contributed by atoms with Crippen LogP contribution in [0.5, 0.6) is 0 Å². The molecule has 0 rings (SSSR count). The van der Waals surface area contributed by atoms with Crippen LogP contribution in [-0.2, 0) is 19.1 Å². The number of carbonyl (C=O) groups excluding carboxylic acids is 3. The van der Waals surface area contributed by atoms with Crippen LogP contribution in [0.2, 0.25) is 0 Å². The van der Waals surface area contributed by atoms with Crippen LogP contribution >= 0.6 is 0 Å². The highest BCUT2D eigenvalue weighted by molar-refractivity contribution is 5.77. The molecule has 0 spiro atoms. The van der Waals surface area contributed by atoms with Gasteiger partial charge in [0.2, 0.25) is 11.8 Å². The lowest BCUT2D eigenvalue weighted by atomic mass is 10.0. The molecule has 0 bridgehead atoms. The number of unbranched alkanes of at least 4 members (excludes halogenated alkanes) is 30. The Balaban J connectivity index is 4.05. The highest BCUT2D eigenvalue weighted by Crippen LogP contribution is 2.16. The molecule has 59 heavy (non-hydrogen) atoms. The number of ether oxygens (including phenoxy) is 1. The number of hydrogen-bond acceptors (Lipinski definition) is 7. The number of rotatable bonds is 47. The second kappa shape index (κ2) is 45.8. The second-order valence-corrected chi connectivity index (χ2v) is 17.8. The van der Waals surface area contributed by atoms with E-state index in [9.17, 15) is 24.6 Å². The van der Waals surface area contributed by atoms with E-state index < -0.39 is 12.3 Å². The van der Waals surface area contributed by atoms with Crippen molar-refractivity contribution in [1.82, 2.24) is 10.6 Å². The molecule has 9 nitrogen and oxygen atoms in total. The first-order valence-corrected chi connectivity index (χ1v) is 25.5. The van der Waals surface area contributed by atoms with E-state index in [2.05, 4.69) is 24.5 Å². The first kappa shape index (κ1) is 57.3. The number of hydrogen-bond donors (Lipinski definition) is 5. The monoisotopic (exact) mass is 839 g/mol. The number of aliphatic hydroxyl groups excluding tert-OH is 3. The van der Waals surface area contributed by atoms with Gasteiger partial charge in [-0.15, -0.1) is 0 Å². The van der Waals surface area contributed by atoms with Crippen LogP contribution in [0.25, 0.3) is 0 Å². The Bertz CT molecular complexity index is 920. The summed E-state index contributed by atoms with van der Waals surface area (Å²) >= 11 is 0. The van der Waals surface area contributed by atoms with Crippen molar-refractivity contribution in [2.24, 2.45) is 0 Å². The number of aliphatic hydroxyl groups is 3. The van der Waals surface area contributed by atoms with Crippen LogP contribution in [0, 0.1) is 0 Å². The SMILES string of the molecule is CCCCCCCCCCCC(=O)OCCCCCCCCCCCCCC(=O)N[C@@H](CCCCCCCO)CC(O)NC(=O)C[C@H](O)CCCCCCCCCCC. The Hall–Kier alpha value is -1.71. The topological polar surface area (TPSA) is 145 Å². The minimum atomic E-state index is -1.08. The Morgan fingerprint density at radius 1 is 0.458 bits per heavy atom. The zero-order valence-corrected chi connectivity index (χ0v) is 38.9. The molecule has 5 N–H and O–H groups in total. The van der Waals surface area contributed by atoms with Crippen molar-refractivity contribution in [3.63, 3.8) is 0 Å². The molecule has 0 aromatic carbocycles. The van der Waals surface area contributed by atoms with Gasteiger partial charge in [-0.25, -0.2) is 0 Å². The molecule has 3 atom stereocenters. The van der Waals surface area contributed by atoms with Crippen molar-refractivity contribution in [3.8, 4) is 0 Å². The highest BCUT2D eigenvalue weighted by atomic mass is 16.5. The largest absolute Gasteiger partial charge is 0.466 e. The summed E-state index contributed by atoms with van der Waals surface area (Å²) in [5.74, 6) is -0.387. The smallest absolute Gasteiger partial charge is 0.305 e. The van der Waals surface area contributed by atoms with Crippen molar-refractivity contribution < 1.29 is 34.4 Å². The third-order valence-electron chi connectivity index (χ3n) is 11.8. The summed E-state index contributed by atoms with van der Waals surface area (Å²) < 4.78 is 5.43. The van der Waals surface area contributed by atoms with Crippen molar-refractivity contribution in [2.45, 2.75) is 289 Å². The average Bonchev–Trinajstić information content (AvgIpc) is 3.20. The van der Waals surface area contributed by atoms with Crippen LogP contribution in [-0.4, -0.2) is 64.7 Å². The quantitative estimate of drug-likeness (QED) is 0.0233. The fourth-order valence-corrected chi connectivity index (χ4v) is 7.98. The summed E-state index contributed by atoms with van der Waals surface area (Å²) in [5, 5.41) is 35.9. The summed E-state index contributed by atoms with van der Waals surface area (Å²) in [7, 11) is 0. The minimum absolute atomic E-state index is 0.00115. The van der Waals surface area contributed by atoms with Crippen LogP contribution in [0.1, 0.15) is 271 Å². The van der Waals surface area contributed by atoms with Crippen LogP contribution in [0.15, 0.2) is 0 Å². The summed E-state index contributed by atoms with van der Waals surface area (Å²) in [5.41, 5.74) is 0. The number of amides is 2. The molecule has 1 unspecified atom stereocenters. The Kier molecular flexibility index (Phi) is 44.5. The first-order chi connectivity index (χ1) is 28.8. The molecular weight excluding hydrogens is 741 g/mol. The molecule has 0 aromatic rings. The predicted molar refractivity (Wildman–Crippen MR) is 246 cm³/mol. The number of nitrogens with one attached hydrogen (secondary N) is 2. The number of carbonyl (C=O) groups is 3. The fraction of sp³-hybridized carbons (Fsp3) is 0.940. The van der Waals surface area contributed by atoms with Gasteiger partial charge < -0.3 is 30.7 Å². The Morgan fingerprint density at radius 2 is 0.864 bits per heavy atom. The van der Waals surface area contributed by atoms with E-state index in [4.69, 9.17) is 9.84 Å². The second-order valence-electron chi connectivity index (χ2n) is 17.8. The molecule has 0 aliphatic heterocycles. The van der Waals surface area contributed by atoms with Gasteiger partial charge in [0.1, 0.15) is 6.23 Å². The van der Waals surface area contributed by atoms with Gasteiger partial charge in [-0.3, -0.25) is 14.4 Å². The molecule has 9 heteroatoms. The van der Waals surface area contributed by atoms with Crippen LogP contribution in [0.3, 0.4) is 0 Å². The van der Waals surface area contributed by atoms with E-state index in [1.807, 2.05) is 0 Å². The molecule has 0 fully saturated rings. The van der Waals surface area contributed by atoms with Gasteiger partial charge in [0.15, 0.2) is 0 Å². The molecule has 0 aromatic heterocycles. The van der Waals surface area contributed by atoms with Crippen LogP contribution in [0.4, 0.5) is 0 Å². The van der Waals surface area contributed by atoms with E-state index in [0.717, 1.165) is 96.3 Å². The molecule has 0 aliphatic carbocycles. The molecule has 0 saturated carbocycles. The van der Waals surface area contributed by atoms with Crippen molar-refractivity contribution in [1.29, 1.82) is 0 Å². The molecule has 350 valence electrons. The van der Waals surface area contributed by atoms with Crippen molar-refractivity contribution in [3.05, 3.63) is 0 Å². The van der Waals surface area contributed by atoms with Gasteiger partial charge >= 0.3 is 5.97 Å². The highest BCUT2D eigenvalue weighted by Gasteiger charge is 2.20. The van der Waals surface area contributed by atoms with E-state index in [1.54, 1.807) is 0 Å². The lowest BCUT2D eigenvalue weighted by Crippen LogP contribution is -2.43. The minimum Gasteiger partial charge on any atom is -0.466 e. The van der Waals surface area contributed by atoms with Gasteiger partial charge in [-0.1, -0.05) is 206 Å². The zero-order valence-electron chi connectivity index (χ0n) is 38.9. The predicted octanol–water partition coefficient (Wildman–Crippen LogP) is 12.4. The fourth-order valence-electron chi connectivity index (χ4n) is 7.98. The van der Waals surface area contributed by atoms with E-state index >= 15 is 0 Å². The molecule has 0 heterocycles. The van der Waals surface area contributed by atoms with E-state index in [0.29, 0.717) is 25.9 Å². The van der Waals surface area contributed by atoms with Gasteiger partial charge in [0.25, 0.3) is 0 Å². The van der Waals surface area contributed by atoms with E-state index in [1.165, 1.54) is 128 Å². The standard InChI is InChI=1S/C50H98N2O7/c1-3-5-7-9-11-16-20-26-32-38-46(54)44-49(57)52-48(56)43-45(37-31-25-24-29-35-41-53)51-47(55)39-33-27-21-18-14-13-15-19-23-30-36-42-59-50(58)40-34-28-22-17-12-10-8-6-4-2/h45-46,48,53-54,56H,3-44H2,1-2H3,(H,51,55)(H,52,57)/t45-,46+,48?/m0/s1. The Labute approximate surface area is 364 Å². The molecular formula is C50H98N2O7. The Morgan fingerprint density at radius 3 is 1.36 bits per heavy atom. The average molecular weight is 839 g/mol. The lowest BCUT2D eigenvalue weighted by molar-refractivity contribution is -0.144.